The van der Waals surface area contributed by atoms with Crippen LogP contribution in [0.1, 0.15) is 4.88 Å². The molecule has 0 amide bonds. The first-order chi connectivity index (χ1) is 8.06. The third kappa shape index (κ3) is 2.95. The van der Waals surface area contributed by atoms with Crippen LogP contribution in [0.25, 0.3) is 0 Å². The van der Waals surface area contributed by atoms with Crippen molar-refractivity contribution in [3.8, 4) is 5.75 Å². The van der Waals surface area contributed by atoms with Crippen LogP contribution < -0.4 is 10.5 Å². The quantitative estimate of drug-likeness (QED) is 0.869. The monoisotopic (exact) mass is 319 g/mol. The number of hydrogen-bond donors (Lipinski definition) is 1. The second kappa shape index (κ2) is 5.01. The van der Waals surface area contributed by atoms with E-state index in [9.17, 15) is 8.78 Å². The molecule has 0 aliphatic carbocycles. The highest BCUT2D eigenvalue weighted by atomic mass is 79.9. The Labute approximate surface area is 109 Å². The average molecular weight is 320 g/mol. The van der Waals surface area contributed by atoms with Gasteiger partial charge in [0.1, 0.15) is 12.4 Å². The highest BCUT2D eigenvalue weighted by Crippen LogP contribution is 2.26. The van der Waals surface area contributed by atoms with Crippen LogP contribution in [0.5, 0.6) is 5.75 Å². The van der Waals surface area contributed by atoms with E-state index >= 15 is 0 Å². The molecule has 0 atom stereocenters. The summed E-state index contributed by atoms with van der Waals surface area (Å²) in [5, 5.41) is 0. The molecular formula is C11H8BrF2NOS. The number of thiophene rings is 1. The zero-order valence-corrected chi connectivity index (χ0v) is 10.9. The van der Waals surface area contributed by atoms with Gasteiger partial charge in [0, 0.05) is 17.0 Å². The zero-order valence-electron chi connectivity index (χ0n) is 8.54. The summed E-state index contributed by atoms with van der Waals surface area (Å²) in [6, 6.07) is 5.58. The van der Waals surface area contributed by atoms with Gasteiger partial charge in [-0.3, -0.25) is 0 Å². The number of hydrogen-bond acceptors (Lipinski definition) is 3. The van der Waals surface area contributed by atoms with Crippen molar-refractivity contribution in [1.29, 1.82) is 0 Å². The fraction of sp³-hybridized carbons (Fsp3) is 0.0909. The van der Waals surface area contributed by atoms with Gasteiger partial charge in [-0.2, -0.15) is 0 Å². The second-order valence-electron chi connectivity index (χ2n) is 3.30. The van der Waals surface area contributed by atoms with E-state index in [-0.39, 0.29) is 18.0 Å². The van der Waals surface area contributed by atoms with E-state index in [0.29, 0.717) is 0 Å². The van der Waals surface area contributed by atoms with Crippen molar-refractivity contribution in [3.63, 3.8) is 0 Å². The Morgan fingerprint density at radius 1 is 1.24 bits per heavy atom. The molecule has 0 unspecified atom stereocenters. The Morgan fingerprint density at radius 2 is 2.00 bits per heavy atom. The molecule has 0 saturated heterocycles. The van der Waals surface area contributed by atoms with E-state index in [1.165, 1.54) is 11.3 Å². The number of anilines is 1. The van der Waals surface area contributed by atoms with Gasteiger partial charge in [0.25, 0.3) is 0 Å². The first-order valence-corrected chi connectivity index (χ1v) is 6.29. The van der Waals surface area contributed by atoms with Gasteiger partial charge in [-0.1, -0.05) is 0 Å². The van der Waals surface area contributed by atoms with E-state index in [0.717, 1.165) is 20.8 Å². The van der Waals surface area contributed by atoms with Gasteiger partial charge >= 0.3 is 0 Å². The Kier molecular flexibility index (Phi) is 3.63. The highest BCUT2D eigenvalue weighted by molar-refractivity contribution is 9.11. The maximum atomic E-state index is 13.4. The minimum Gasteiger partial charge on any atom is -0.485 e. The van der Waals surface area contributed by atoms with E-state index in [1.807, 2.05) is 12.1 Å². The van der Waals surface area contributed by atoms with Crippen molar-refractivity contribution in [3.05, 3.63) is 44.6 Å². The van der Waals surface area contributed by atoms with Crippen LogP contribution in [0.2, 0.25) is 0 Å². The molecule has 0 fully saturated rings. The molecule has 1 aromatic carbocycles. The van der Waals surface area contributed by atoms with Gasteiger partial charge in [-0.05, 0) is 28.1 Å². The van der Waals surface area contributed by atoms with Gasteiger partial charge in [0.15, 0.2) is 11.6 Å². The van der Waals surface area contributed by atoms with Crippen molar-refractivity contribution in [2.45, 2.75) is 6.61 Å². The third-order valence-electron chi connectivity index (χ3n) is 2.05. The first kappa shape index (κ1) is 12.3. The van der Waals surface area contributed by atoms with Crippen LogP contribution in [-0.4, -0.2) is 0 Å². The zero-order chi connectivity index (χ0) is 12.4. The molecule has 2 aromatic rings. The lowest BCUT2D eigenvalue weighted by Crippen LogP contribution is -1.99. The number of ether oxygens (including phenoxy) is 1. The molecule has 0 aliphatic heterocycles. The largest absolute Gasteiger partial charge is 0.485 e. The van der Waals surface area contributed by atoms with Crippen LogP contribution in [0.3, 0.4) is 0 Å². The Balaban J connectivity index is 2.11. The van der Waals surface area contributed by atoms with Gasteiger partial charge in [-0.15, -0.1) is 11.3 Å². The Bertz CT molecular complexity index is 544. The van der Waals surface area contributed by atoms with Gasteiger partial charge in [0.05, 0.1) is 9.47 Å². The standard InChI is InChI=1S/C11H8BrF2NOS/c12-11-2-1-6(17-11)5-16-10-4-7(13)9(15)3-8(10)14/h1-4H,5,15H2. The average Bonchev–Trinajstić information content (AvgIpc) is 2.68. The van der Waals surface area contributed by atoms with Gasteiger partial charge < -0.3 is 10.5 Å². The molecule has 0 aliphatic rings. The lowest BCUT2D eigenvalue weighted by molar-refractivity contribution is 0.292. The second-order valence-corrected chi connectivity index (χ2v) is 5.85. The molecule has 90 valence electrons. The molecule has 0 saturated carbocycles. The van der Waals surface area contributed by atoms with E-state index < -0.39 is 11.6 Å². The predicted octanol–water partition coefficient (Wildman–Crippen LogP) is 3.95. The van der Waals surface area contributed by atoms with Gasteiger partial charge in [-0.25, -0.2) is 8.78 Å². The fourth-order valence-corrected chi connectivity index (χ4v) is 2.63. The van der Waals surface area contributed by atoms with Crippen LogP contribution >= 0.6 is 27.3 Å². The van der Waals surface area contributed by atoms with Gasteiger partial charge in [0.2, 0.25) is 0 Å². The van der Waals surface area contributed by atoms with E-state index in [2.05, 4.69) is 15.9 Å². The number of nitrogens with two attached hydrogens (primary N) is 1. The van der Waals surface area contributed by atoms with Crippen LogP contribution in [0.15, 0.2) is 28.1 Å². The number of benzene rings is 1. The molecule has 17 heavy (non-hydrogen) atoms. The van der Waals surface area contributed by atoms with Crippen molar-refractivity contribution in [2.24, 2.45) is 0 Å². The van der Waals surface area contributed by atoms with Crippen molar-refractivity contribution < 1.29 is 13.5 Å². The summed E-state index contributed by atoms with van der Waals surface area (Å²) in [6.45, 7) is 0.191. The maximum Gasteiger partial charge on any atom is 0.167 e. The van der Waals surface area contributed by atoms with E-state index in [1.54, 1.807) is 0 Å². The summed E-state index contributed by atoms with van der Waals surface area (Å²) in [5.41, 5.74) is 5.00. The Morgan fingerprint density at radius 3 is 2.65 bits per heavy atom. The normalized spacial score (nSPS) is 10.5. The van der Waals surface area contributed by atoms with Crippen LogP contribution in [0.4, 0.5) is 14.5 Å². The maximum absolute atomic E-state index is 13.4. The highest BCUT2D eigenvalue weighted by Gasteiger charge is 2.09. The molecule has 0 spiro atoms. The number of halogens is 3. The first-order valence-electron chi connectivity index (χ1n) is 4.68. The predicted molar refractivity (Wildman–Crippen MR) is 67.1 cm³/mol. The van der Waals surface area contributed by atoms with E-state index in [4.69, 9.17) is 10.5 Å². The topological polar surface area (TPSA) is 35.2 Å². The Hall–Kier alpha value is -1.14. The molecule has 0 radical (unpaired) electrons. The van der Waals surface area contributed by atoms with Crippen molar-refractivity contribution in [2.75, 3.05) is 5.73 Å². The molecular weight excluding hydrogens is 312 g/mol. The van der Waals surface area contributed by atoms with Crippen LogP contribution in [-0.2, 0) is 6.61 Å². The van der Waals surface area contributed by atoms with Crippen LogP contribution in [0, 0.1) is 11.6 Å². The summed E-state index contributed by atoms with van der Waals surface area (Å²) in [4.78, 5) is 0.911. The third-order valence-corrected chi connectivity index (χ3v) is 3.65. The van der Waals surface area contributed by atoms with Crippen molar-refractivity contribution >= 4 is 33.0 Å². The summed E-state index contributed by atoms with van der Waals surface area (Å²) >= 11 is 4.78. The summed E-state index contributed by atoms with van der Waals surface area (Å²) in [7, 11) is 0. The molecule has 2 rings (SSSR count). The fourth-order valence-electron chi connectivity index (χ4n) is 1.23. The molecule has 2 nitrogen and oxygen atoms in total. The molecule has 0 bridgehead atoms. The minimum atomic E-state index is -0.686. The van der Waals surface area contributed by atoms with Crippen molar-refractivity contribution in [1.82, 2.24) is 0 Å². The molecule has 1 heterocycles. The summed E-state index contributed by atoms with van der Waals surface area (Å²) in [5.74, 6) is -1.49. The lowest BCUT2D eigenvalue weighted by atomic mass is 10.3. The smallest absolute Gasteiger partial charge is 0.167 e. The summed E-state index contributed by atoms with van der Waals surface area (Å²) in [6.07, 6.45) is 0. The SMILES string of the molecule is Nc1cc(F)c(OCc2ccc(Br)s2)cc1F. The molecule has 6 heteroatoms. The molecule has 1 aromatic heterocycles. The number of rotatable bonds is 3. The number of nitrogen functional groups attached to an aromatic ring is 1. The lowest BCUT2D eigenvalue weighted by Gasteiger charge is -2.07. The molecule has 2 N–H and O–H groups in total. The summed E-state index contributed by atoms with van der Waals surface area (Å²) < 4.78 is 32.6. The minimum absolute atomic E-state index is 0.138.